The van der Waals surface area contributed by atoms with E-state index in [0.717, 1.165) is 64.1 Å². The molecule has 2 amide bonds. The van der Waals surface area contributed by atoms with Crippen molar-refractivity contribution in [1.82, 2.24) is 20.0 Å². The molecule has 16 heteroatoms. The van der Waals surface area contributed by atoms with Crippen LogP contribution in [0.2, 0.25) is 0 Å². The van der Waals surface area contributed by atoms with Gasteiger partial charge in [-0.1, -0.05) is 0 Å². The molecule has 0 saturated carbocycles. The molecule has 0 unspecified atom stereocenters. The number of carbonyl (C=O) groups excluding carboxylic acids is 2. The predicted octanol–water partition coefficient (Wildman–Crippen LogP) is 0.481. The van der Waals surface area contributed by atoms with Gasteiger partial charge in [-0.25, -0.2) is 13.2 Å². The molecule has 0 bridgehead atoms. The summed E-state index contributed by atoms with van der Waals surface area (Å²) in [5, 5.41) is 10.4. The highest BCUT2D eigenvalue weighted by molar-refractivity contribution is 7.92. The van der Waals surface area contributed by atoms with Gasteiger partial charge >= 0.3 is 12.1 Å². The van der Waals surface area contributed by atoms with E-state index in [4.69, 9.17) is 9.90 Å². The van der Waals surface area contributed by atoms with Crippen LogP contribution in [0.25, 0.3) is 0 Å². The smallest absolute Gasteiger partial charge is 0.475 e. The zero-order valence-electron chi connectivity index (χ0n) is 22.2. The Morgan fingerprint density at radius 3 is 2.05 bits per heavy atom. The average Bonchev–Trinajstić information content (AvgIpc) is 3.44. The summed E-state index contributed by atoms with van der Waals surface area (Å²) >= 11 is 0. The number of halogens is 3. The number of alkyl halides is 3. The molecule has 0 atom stereocenters. The fourth-order valence-electron chi connectivity index (χ4n) is 4.68. The van der Waals surface area contributed by atoms with E-state index in [1.807, 2.05) is 11.0 Å². The Hall–Kier alpha value is -3.11. The van der Waals surface area contributed by atoms with Gasteiger partial charge in [-0.3, -0.25) is 19.2 Å². The number of carboxylic acid groups (broad SMARTS) is 1. The maximum atomic E-state index is 13.2. The van der Waals surface area contributed by atoms with Crippen LogP contribution in [0.1, 0.15) is 23.2 Å². The minimum atomic E-state index is -5.08. The van der Waals surface area contributed by atoms with Gasteiger partial charge in [0.2, 0.25) is 15.9 Å². The fourth-order valence-corrected chi connectivity index (χ4v) is 5.24. The minimum Gasteiger partial charge on any atom is -0.475 e. The Morgan fingerprint density at radius 2 is 1.52 bits per heavy atom. The van der Waals surface area contributed by atoms with E-state index in [1.54, 1.807) is 17.0 Å². The highest BCUT2D eigenvalue weighted by Crippen LogP contribution is 2.29. The van der Waals surface area contributed by atoms with Crippen molar-refractivity contribution < 1.29 is 41.1 Å². The van der Waals surface area contributed by atoms with Crippen molar-refractivity contribution in [3.05, 3.63) is 23.8 Å². The Bertz CT molecular complexity index is 1160. The number of benzene rings is 1. The number of nitrogens with zero attached hydrogens (tertiary/aromatic N) is 4. The van der Waals surface area contributed by atoms with Crippen molar-refractivity contribution in [1.29, 1.82) is 0 Å². The fraction of sp³-hybridized carbons (Fsp3) is 0.625. The summed E-state index contributed by atoms with van der Waals surface area (Å²) in [6, 6.07) is 5.25. The third-order valence-corrected chi connectivity index (χ3v) is 7.31. The molecule has 0 spiro atoms. The Balaban J connectivity index is 0.000000559. The summed E-state index contributed by atoms with van der Waals surface area (Å²) in [4.78, 5) is 42.4. The van der Waals surface area contributed by atoms with Gasteiger partial charge in [0.25, 0.3) is 5.91 Å². The number of rotatable bonds is 6. The SMILES string of the molecule is CS(=O)(=O)Nc1cc(C(=O)N2CCN(CC(=O)N3CCCC3)CC2)ccc1N1CCNCC1.O=C(O)C(F)(F)F. The third kappa shape index (κ3) is 9.23. The Labute approximate surface area is 231 Å². The normalized spacial score (nSPS) is 18.6. The maximum absolute atomic E-state index is 13.2. The standard InChI is InChI=1S/C22H34N6O4S.C2HF3O2/c1-33(31,32)24-19-16-18(4-5-20(19)26-10-6-23-7-11-26)22(30)28-14-12-25(13-15-28)17-21(29)27-8-2-3-9-27;3-2(4,5)1(6)7/h4-5,16,23-24H,2-3,6-15,17H2,1H3;(H,6,7). The molecule has 0 aliphatic carbocycles. The first-order valence-corrected chi connectivity index (χ1v) is 14.8. The summed E-state index contributed by atoms with van der Waals surface area (Å²) < 4.78 is 58.3. The van der Waals surface area contributed by atoms with E-state index in [-0.39, 0.29) is 11.8 Å². The molecule has 3 aliphatic heterocycles. The molecule has 224 valence electrons. The lowest BCUT2D eigenvalue weighted by atomic mass is 10.1. The third-order valence-electron chi connectivity index (χ3n) is 6.72. The number of piperazine rings is 2. The number of amides is 2. The van der Waals surface area contributed by atoms with E-state index in [0.29, 0.717) is 44.0 Å². The molecule has 0 aromatic heterocycles. The van der Waals surface area contributed by atoms with E-state index in [2.05, 4.69) is 19.8 Å². The number of aliphatic carboxylic acids is 1. The summed E-state index contributed by atoms with van der Waals surface area (Å²) in [5.74, 6) is -2.70. The molecule has 0 radical (unpaired) electrons. The Morgan fingerprint density at radius 1 is 0.950 bits per heavy atom. The summed E-state index contributed by atoms with van der Waals surface area (Å²) in [7, 11) is -3.49. The highest BCUT2D eigenvalue weighted by Gasteiger charge is 2.38. The number of hydrogen-bond acceptors (Lipinski definition) is 8. The van der Waals surface area contributed by atoms with Gasteiger partial charge < -0.3 is 25.1 Å². The summed E-state index contributed by atoms with van der Waals surface area (Å²) in [6.07, 6.45) is -1.80. The summed E-state index contributed by atoms with van der Waals surface area (Å²) in [6.45, 7) is 7.68. The van der Waals surface area contributed by atoms with Gasteiger partial charge in [-0.15, -0.1) is 0 Å². The Kier molecular flexibility index (Phi) is 10.6. The van der Waals surface area contributed by atoms with E-state index in [9.17, 15) is 31.2 Å². The lowest BCUT2D eigenvalue weighted by Crippen LogP contribution is -2.51. The molecule has 12 nitrogen and oxygen atoms in total. The van der Waals surface area contributed by atoms with Gasteiger partial charge in [0.1, 0.15) is 0 Å². The molecule has 3 heterocycles. The zero-order valence-corrected chi connectivity index (χ0v) is 23.1. The van der Waals surface area contributed by atoms with Crippen molar-refractivity contribution in [2.24, 2.45) is 0 Å². The maximum Gasteiger partial charge on any atom is 0.490 e. The number of carboxylic acids is 1. The largest absolute Gasteiger partial charge is 0.490 e. The molecule has 3 aliphatic rings. The molecule has 40 heavy (non-hydrogen) atoms. The molecule has 3 fully saturated rings. The molecular formula is C24H35F3N6O6S. The van der Waals surface area contributed by atoms with Crippen LogP contribution in [0.5, 0.6) is 0 Å². The first-order valence-electron chi connectivity index (χ1n) is 12.9. The second kappa shape index (κ2) is 13.5. The molecule has 4 rings (SSSR count). The van der Waals surface area contributed by atoms with Crippen LogP contribution >= 0.6 is 0 Å². The zero-order chi connectivity index (χ0) is 29.5. The van der Waals surface area contributed by atoms with E-state index >= 15 is 0 Å². The highest BCUT2D eigenvalue weighted by atomic mass is 32.2. The monoisotopic (exact) mass is 592 g/mol. The number of nitrogens with one attached hydrogen (secondary N) is 2. The lowest BCUT2D eigenvalue weighted by Gasteiger charge is -2.35. The van der Waals surface area contributed by atoms with Gasteiger partial charge in [-0.2, -0.15) is 13.2 Å². The predicted molar refractivity (Wildman–Crippen MR) is 142 cm³/mol. The van der Waals surface area contributed by atoms with Crippen molar-refractivity contribution in [3.63, 3.8) is 0 Å². The van der Waals surface area contributed by atoms with Crippen molar-refractivity contribution >= 4 is 39.2 Å². The quantitative estimate of drug-likeness (QED) is 0.430. The van der Waals surface area contributed by atoms with Crippen LogP contribution in [0, 0.1) is 0 Å². The second-order valence-corrected chi connectivity index (χ2v) is 11.6. The van der Waals surface area contributed by atoms with Crippen molar-refractivity contribution in [2.75, 3.05) is 87.9 Å². The molecule has 3 saturated heterocycles. The number of sulfonamides is 1. The topological polar surface area (TPSA) is 143 Å². The van der Waals surface area contributed by atoms with Crippen molar-refractivity contribution in [3.8, 4) is 0 Å². The van der Waals surface area contributed by atoms with Gasteiger partial charge in [0.15, 0.2) is 0 Å². The lowest BCUT2D eigenvalue weighted by molar-refractivity contribution is -0.192. The van der Waals surface area contributed by atoms with Crippen LogP contribution in [-0.4, -0.2) is 130 Å². The number of hydrogen-bond donors (Lipinski definition) is 3. The number of anilines is 2. The number of likely N-dealkylation sites (tertiary alicyclic amines) is 1. The van der Waals surface area contributed by atoms with Gasteiger partial charge in [0, 0.05) is 71.0 Å². The van der Waals surface area contributed by atoms with Gasteiger partial charge in [0.05, 0.1) is 24.2 Å². The minimum absolute atomic E-state index is 0.121. The van der Waals surface area contributed by atoms with E-state index < -0.39 is 22.2 Å². The first kappa shape index (κ1) is 31.4. The van der Waals surface area contributed by atoms with Crippen LogP contribution in [0.4, 0.5) is 24.5 Å². The molecule has 1 aromatic rings. The van der Waals surface area contributed by atoms with Crippen LogP contribution < -0.4 is 14.9 Å². The molecule has 3 N–H and O–H groups in total. The molecule has 1 aromatic carbocycles. The molecular weight excluding hydrogens is 557 g/mol. The summed E-state index contributed by atoms with van der Waals surface area (Å²) in [5.41, 5.74) is 1.67. The second-order valence-electron chi connectivity index (χ2n) is 9.80. The van der Waals surface area contributed by atoms with Crippen LogP contribution in [0.3, 0.4) is 0 Å². The number of carbonyl (C=O) groups is 3. The van der Waals surface area contributed by atoms with Crippen LogP contribution in [-0.2, 0) is 19.6 Å². The average molecular weight is 593 g/mol. The first-order chi connectivity index (χ1) is 18.7. The van der Waals surface area contributed by atoms with Crippen molar-refractivity contribution in [2.45, 2.75) is 19.0 Å². The van der Waals surface area contributed by atoms with E-state index in [1.165, 1.54) is 0 Å². The van der Waals surface area contributed by atoms with Gasteiger partial charge in [-0.05, 0) is 31.0 Å². The van der Waals surface area contributed by atoms with Crippen LogP contribution in [0.15, 0.2) is 18.2 Å².